The van der Waals surface area contributed by atoms with E-state index in [0.717, 1.165) is 25.7 Å². The van der Waals surface area contributed by atoms with E-state index in [-0.39, 0.29) is 29.1 Å². The molecule has 2 aromatic heterocycles. The van der Waals surface area contributed by atoms with Crippen LogP contribution in [0.1, 0.15) is 32.6 Å². The van der Waals surface area contributed by atoms with Gasteiger partial charge in [0, 0.05) is 12.1 Å². The maximum absolute atomic E-state index is 12.6. The lowest BCUT2D eigenvalue weighted by atomic mass is 9.61. The van der Waals surface area contributed by atoms with Gasteiger partial charge in [-0.05, 0) is 62.1 Å². The van der Waals surface area contributed by atoms with Crippen LogP contribution in [-0.2, 0) is 9.53 Å². The minimum Gasteiger partial charge on any atom is -0.493 e. The number of carbonyl (C=O) groups excluding carboxylic acids is 1. The van der Waals surface area contributed by atoms with Gasteiger partial charge in [0.25, 0.3) is 0 Å². The molecule has 0 aromatic carbocycles. The fraction of sp³-hybridized carbons (Fsp3) is 0.588. The van der Waals surface area contributed by atoms with Crippen molar-refractivity contribution in [3.8, 4) is 5.88 Å². The lowest BCUT2D eigenvalue weighted by Crippen LogP contribution is -2.52. The van der Waals surface area contributed by atoms with Gasteiger partial charge in [0.15, 0.2) is 5.82 Å². The molecule has 0 amide bonds. The molecule has 2 N–H and O–H groups in total. The molecule has 3 fully saturated rings. The largest absolute Gasteiger partial charge is 0.493 e. The molecular weight excluding hydrogens is 344 g/mol. The summed E-state index contributed by atoms with van der Waals surface area (Å²) >= 11 is 6.01. The summed E-state index contributed by atoms with van der Waals surface area (Å²) in [4.78, 5) is 16.8. The summed E-state index contributed by atoms with van der Waals surface area (Å²) < 4.78 is 6.68. The van der Waals surface area contributed by atoms with Crippen molar-refractivity contribution in [3.63, 3.8) is 0 Å². The predicted octanol–water partition coefficient (Wildman–Crippen LogP) is 2.87. The SMILES string of the molecule is CCOC(=O)[C@H]1[C@H]2CC[C@H](CC2)[C@@H]1Nc1nc(Cl)nn2c(O)ccc12. The van der Waals surface area contributed by atoms with Crippen LogP contribution in [-0.4, -0.2) is 38.3 Å². The molecule has 134 valence electrons. The Balaban J connectivity index is 1.69. The molecule has 8 heteroatoms. The molecule has 0 aliphatic heterocycles. The van der Waals surface area contributed by atoms with Crippen molar-refractivity contribution in [2.24, 2.45) is 17.8 Å². The van der Waals surface area contributed by atoms with Crippen molar-refractivity contribution in [3.05, 3.63) is 17.4 Å². The molecular formula is C17H21ClN4O3. The first-order valence-electron chi connectivity index (χ1n) is 8.76. The van der Waals surface area contributed by atoms with Crippen LogP contribution < -0.4 is 5.32 Å². The van der Waals surface area contributed by atoms with Gasteiger partial charge in [-0.3, -0.25) is 4.79 Å². The number of esters is 1. The molecule has 3 aliphatic rings. The summed E-state index contributed by atoms with van der Waals surface area (Å²) in [5.74, 6) is 0.960. The normalized spacial score (nSPS) is 28.2. The number of ether oxygens (including phenoxy) is 1. The Morgan fingerprint density at radius 1 is 1.36 bits per heavy atom. The highest BCUT2D eigenvalue weighted by Gasteiger charge is 2.48. The molecule has 5 rings (SSSR count). The summed E-state index contributed by atoms with van der Waals surface area (Å²) in [6.07, 6.45) is 4.33. The van der Waals surface area contributed by atoms with Gasteiger partial charge in [-0.2, -0.15) is 9.50 Å². The van der Waals surface area contributed by atoms with E-state index >= 15 is 0 Å². The second kappa shape index (κ2) is 6.37. The van der Waals surface area contributed by atoms with Crippen LogP contribution in [0.2, 0.25) is 5.28 Å². The first-order chi connectivity index (χ1) is 12.1. The van der Waals surface area contributed by atoms with Gasteiger partial charge >= 0.3 is 5.97 Å². The highest BCUT2D eigenvalue weighted by atomic mass is 35.5. The minimum absolute atomic E-state index is 0.00513. The predicted molar refractivity (Wildman–Crippen MR) is 92.6 cm³/mol. The van der Waals surface area contributed by atoms with Gasteiger partial charge in [-0.15, -0.1) is 5.10 Å². The molecule has 2 bridgehead atoms. The molecule has 0 unspecified atom stereocenters. The lowest BCUT2D eigenvalue weighted by Gasteiger charge is -2.47. The van der Waals surface area contributed by atoms with E-state index in [1.165, 1.54) is 4.52 Å². The van der Waals surface area contributed by atoms with Crippen molar-refractivity contribution in [1.29, 1.82) is 0 Å². The number of aromatic nitrogens is 3. The Labute approximate surface area is 150 Å². The quantitative estimate of drug-likeness (QED) is 0.811. The fourth-order valence-corrected chi connectivity index (χ4v) is 4.62. The molecule has 25 heavy (non-hydrogen) atoms. The molecule has 0 saturated heterocycles. The van der Waals surface area contributed by atoms with Crippen molar-refractivity contribution < 1.29 is 14.6 Å². The molecule has 2 heterocycles. The summed E-state index contributed by atoms with van der Waals surface area (Å²) in [6.45, 7) is 2.22. The van der Waals surface area contributed by atoms with Crippen LogP contribution in [0.25, 0.3) is 5.52 Å². The third-order valence-electron chi connectivity index (χ3n) is 5.55. The van der Waals surface area contributed by atoms with Gasteiger partial charge in [0.2, 0.25) is 11.2 Å². The van der Waals surface area contributed by atoms with Crippen molar-refractivity contribution in [2.75, 3.05) is 11.9 Å². The monoisotopic (exact) mass is 364 g/mol. The highest BCUT2D eigenvalue weighted by Crippen LogP contribution is 2.47. The zero-order valence-electron chi connectivity index (χ0n) is 14.0. The van der Waals surface area contributed by atoms with Crippen LogP contribution in [0.3, 0.4) is 0 Å². The van der Waals surface area contributed by atoms with Crippen LogP contribution in [0.5, 0.6) is 5.88 Å². The van der Waals surface area contributed by atoms with E-state index in [9.17, 15) is 9.90 Å². The van der Waals surface area contributed by atoms with Crippen LogP contribution >= 0.6 is 11.6 Å². The van der Waals surface area contributed by atoms with Crippen molar-refractivity contribution in [2.45, 2.75) is 38.6 Å². The molecule has 3 aliphatic carbocycles. The van der Waals surface area contributed by atoms with Crippen LogP contribution in [0.15, 0.2) is 12.1 Å². The van der Waals surface area contributed by atoms with E-state index in [1.54, 1.807) is 12.1 Å². The number of hydrogen-bond donors (Lipinski definition) is 2. The fourth-order valence-electron chi connectivity index (χ4n) is 4.46. The standard InChI is InChI=1S/C17H21ClN4O3/c1-2-25-16(24)13-9-3-5-10(6-4-9)14(13)19-15-11-7-8-12(23)22(11)21-17(18)20-15/h7-10,13-14,23H,2-6H2,1H3,(H,19,20,21)/t9-,10+,13-,14-/m0/s1. The highest BCUT2D eigenvalue weighted by molar-refractivity contribution is 6.28. The average molecular weight is 365 g/mol. The molecule has 3 saturated carbocycles. The van der Waals surface area contributed by atoms with Crippen molar-refractivity contribution >= 4 is 28.9 Å². The van der Waals surface area contributed by atoms with Crippen LogP contribution in [0, 0.1) is 17.8 Å². The Hall–Kier alpha value is -2.02. The van der Waals surface area contributed by atoms with Gasteiger partial charge < -0.3 is 15.2 Å². The van der Waals surface area contributed by atoms with Gasteiger partial charge in [0.05, 0.1) is 12.5 Å². The maximum Gasteiger partial charge on any atom is 0.311 e. The average Bonchev–Trinajstić information content (AvgIpc) is 2.97. The number of carbonyl (C=O) groups is 1. The summed E-state index contributed by atoms with van der Waals surface area (Å²) in [5.41, 5.74) is 0.631. The molecule has 0 radical (unpaired) electrons. The number of fused-ring (bicyclic) bond motifs is 4. The van der Waals surface area contributed by atoms with Crippen LogP contribution in [0.4, 0.5) is 5.82 Å². The second-order valence-corrected chi connectivity index (χ2v) is 7.18. The summed E-state index contributed by atoms with van der Waals surface area (Å²) in [5, 5.41) is 17.4. The second-order valence-electron chi connectivity index (χ2n) is 6.84. The minimum atomic E-state index is -0.176. The summed E-state index contributed by atoms with van der Waals surface area (Å²) in [6, 6.07) is 3.23. The number of halogens is 1. The smallest absolute Gasteiger partial charge is 0.311 e. The Morgan fingerprint density at radius 3 is 2.80 bits per heavy atom. The third kappa shape index (κ3) is 2.80. The number of anilines is 1. The molecule has 2 aromatic rings. The summed E-state index contributed by atoms with van der Waals surface area (Å²) in [7, 11) is 0. The van der Waals surface area contributed by atoms with Gasteiger partial charge in [-0.1, -0.05) is 0 Å². The van der Waals surface area contributed by atoms with Gasteiger partial charge in [0.1, 0.15) is 5.52 Å². The molecule has 7 nitrogen and oxygen atoms in total. The van der Waals surface area contributed by atoms with E-state index in [2.05, 4.69) is 15.4 Å². The first-order valence-corrected chi connectivity index (χ1v) is 9.13. The van der Waals surface area contributed by atoms with E-state index in [4.69, 9.17) is 16.3 Å². The Kier molecular flexibility index (Phi) is 4.19. The zero-order chi connectivity index (χ0) is 17.6. The van der Waals surface area contributed by atoms with E-state index in [1.807, 2.05) is 6.92 Å². The van der Waals surface area contributed by atoms with Gasteiger partial charge in [-0.25, -0.2) is 0 Å². The first kappa shape index (κ1) is 16.4. The Morgan fingerprint density at radius 2 is 2.08 bits per heavy atom. The molecule has 0 spiro atoms. The van der Waals surface area contributed by atoms with E-state index in [0.29, 0.717) is 29.8 Å². The maximum atomic E-state index is 12.6. The Bertz CT molecular complexity index is 801. The number of aromatic hydroxyl groups is 1. The number of hydrogen-bond acceptors (Lipinski definition) is 6. The zero-order valence-corrected chi connectivity index (χ0v) is 14.7. The van der Waals surface area contributed by atoms with Crippen molar-refractivity contribution in [1.82, 2.24) is 14.6 Å². The lowest BCUT2D eigenvalue weighted by molar-refractivity contribution is -0.154. The topological polar surface area (TPSA) is 88.8 Å². The third-order valence-corrected chi connectivity index (χ3v) is 5.71. The number of rotatable bonds is 4. The molecule has 2 atom stereocenters. The number of nitrogens with one attached hydrogen (secondary N) is 1. The number of nitrogens with zero attached hydrogens (tertiary/aromatic N) is 3. The van der Waals surface area contributed by atoms with E-state index < -0.39 is 0 Å².